The van der Waals surface area contributed by atoms with Crippen molar-refractivity contribution in [2.24, 2.45) is 0 Å². The number of nitrogens with zero attached hydrogens (tertiary/aromatic N) is 2. The maximum atomic E-state index is 12.9. The highest BCUT2D eigenvalue weighted by atomic mass is 79.9. The number of anilines is 4. The third-order valence-electron chi connectivity index (χ3n) is 10.4. The van der Waals surface area contributed by atoms with Crippen LogP contribution in [0.4, 0.5) is 22.7 Å². The molecule has 0 radical (unpaired) electrons. The summed E-state index contributed by atoms with van der Waals surface area (Å²) in [7, 11) is 0. The van der Waals surface area contributed by atoms with E-state index in [9.17, 15) is 9.59 Å². The van der Waals surface area contributed by atoms with Gasteiger partial charge in [0.25, 0.3) is 0 Å². The number of fused-ring (bicyclic) bond motifs is 2. The van der Waals surface area contributed by atoms with Crippen molar-refractivity contribution in [3.05, 3.63) is 59.7 Å². The SMILES string of the molecule is Br.CCCCCCCCCCCCN1CC=Cc2cc(NC(=O)CC(=O)Nc3ccc4c(c3)C=CCN4CCCCCCCCCCCC)ccc21. The van der Waals surface area contributed by atoms with E-state index in [1.807, 2.05) is 24.3 Å². The predicted octanol–water partition coefficient (Wildman–Crippen LogP) is 12.7. The van der Waals surface area contributed by atoms with Gasteiger partial charge in [0.05, 0.1) is 0 Å². The molecule has 2 amide bonds. The molecule has 2 aliphatic heterocycles. The van der Waals surface area contributed by atoms with Crippen LogP contribution in [-0.2, 0) is 9.59 Å². The molecule has 0 aliphatic carbocycles. The first-order valence-electron chi connectivity index (χ1n) is 20.8. The summed E-state index contributed by atoms with van der Waals surface area (Å²) in [5, 5.41) is 5.89. The van der Waals surface area contributed by atoms with Gasteiger partial charge < -0.3 is 20.4 Å². The molecule has 0 atom stereocenters. The maximum absolute atomic E-state index is 12.9. The standard InChI is InChI=1S/C45H68N4O2.BrH/c1-3-5-7-9-11-13-15-17-19-21-31-48-33-23-25-38-35-40(27-29-42(38)48)46-44(50)37-45(51)47-41-28-30-43-39(36-41)26-24-34-49(43)32-22-20-18-16-14-12-10-8-6-4-2;/h23-30,35-36H,3-22,31-34,37H2,1-2H3,(H,46,50)(H,47,51);1H. The predicted molar refractivity (Wildman–Crippen MR) is 231 cm³/mol. The average molecular weight is 778 g/mol. The summed E-state index contributed by atoms with van der Waals surface area (Å²) in [6.07, 6.45) is 35.2. The zero-order valence-corrected chi connectivity index (χ0v) is 34.3. The number of amides is 2. The largest absolute Gasteiger partial charge is 0.367 e. The third-order valence-corrected chi connectivity index (χ3v) is 10.4. The van der Waals surface area contributed by atoms with Crippen LogP contribution in [0.1, 0.15) is 160 Å². The molecule has 4 rings (SSSR count). The first kappa shape index (κ1) is 43.3. The van der Waals surface area contributed by atoms with Gasteiger partial charge in [0.1, 0.15) is 6.42 Å². The second kappa shape index (κ2) is 25.8. The van der Waals surface area contributed by atoms with Gasteiger partial charge in [-0.05, 0) is 60.4 Å². The van der Waals surface area contributed by atoms with Crippen LogP contribution in [-0.4, -0.2) is 38.0 Å². The molecule has 7 heteroatoms. The van der Waals surface area contributed by atoms with Gasteiger partial charge in [-0.3, -0.25) is 9.59 Å². The van der Waals surface area contributed by atoms with E-state index in [1.54, 1.807) is 0 Å². The Morgan fingerprint density at radius 2 is 0.865 bits per heavy atom. The quantitative estimate of drug-likeness (QED) is 0.0737. The number of hydrogen-bond acceptors (Lipinski definition) is 4. The Kier molecular flexibility index (Phi) is 21.5. The highest BCUT2D eigenvalue weighted by Crippen LogP contribution is 2.31. The molecule has 2 N–H and O–H groups in total. The summed E-state index contributed by atoms with van der Waals surface area (Å²) in [5.41, 5.74) is 6.09. The molecule has 6 nitrogen and oxygen atoms in total. The van der Waals surface area contributed by atoms with E-state index in [-0.39, 0.29) is 35.2 Å². The average Bonchev–Trinajstić information content (AvgIpc) is 3.13. The van der Waals surface area contributed by atoms with Crippen LogP contribution in [0.15, 0.2) is 48.6 Å². The van der Waals surface area contributed by atoms with Crippen LogP contribution in [0.3, 0.4) is 0 Å². The molecule has 2 aromatic carbocycles. The van der Waals surface area contributed by atoms with E-state index in [4.69, 9.17) is 0 Å². The zero-order valence-electron chi connectivity index (χ0n) is 32.6. The van der Waals surface area contributed by atoms with Crippen molar-refractivity contribution < 1.29 is 9.59 Å². The molecular weight excluding hydrogens is 708 g/mol. The lowest BCUT2D eigenvalue weighted by molar-refractivity contribution is -0.123. The fraction of sp³-hybridized carbons (Fsp3) is 0.600. The Morgan fingerprint density at radius 1 is 0.519 bits per heavy atom. The number of rotatable bonds is 26. The number of carbonyl (C=O) groups is 2. The second-order valence-electron chi connectivity index (χ2n) is 14.9. The lowest BCUT2D eigenvalue weighted by Crippen LogP contribution is -2.27. The number of hydrogen-bond donors (Lipinski definition) is 2. The van der Waals surface area contributed by atoms with E-state index in [0.717, 1.165) is 48.7 Å². The van der Waals surface area contributed by atoms with Crippen molar-refractivity contribution in [2.45, 2.75) is 149 Å². The van der Waals surface area contributed by atoms with E-state index >= 15 is 0 Å². The summed E-state index contributed by atoms with van der Waals surface area (Å²) in [5.74, 6) is -0.620. The van der Waals surface area contributed by atoms with Crippen molar-refractivity contribution in [2.75, 3.05) is 46.6 Å². The summed E-state index contributed by atoms with van der Waals surface area (Å²) < 4.78 is 0. The molecule has 52 heavy (non-hydrogen) atoms. The minimum atomic E-state index is -0.310. The van der Waals surface area contributed by atoms with Crippen molar-refractivity contribution in [1.82, 2.24) is 0 Å². The van der Waals surface area contributed by atoms with Gasteiger partial charge in [-0.2, -0.15) is 0 Å². The monoisotopic (exact) mass is 776 g/mol. The van der Waals surface area contributed by atoms with Crippen LogP contribution in [0, 0.1) is 0 Å². The Balaban J connectivity index is 0.00000729. The molecule has 0 saturated heterocycles. The summed E-state index contributed by atoms with van der Waals surface area (Å²) in [4.78, 5) is 30.6. The normalized spacial score (nSPS) is 13.0. The summed E-state index contributed by atoms with van der Waals surface area (Å²) in [6.45, 7) is 8.50. The molecular formula is C45H69BrN4O2. The van der Waals surface area contributed by atoms with Gasteiger partial charge in [0.2, 0.25) is 11.8 Å². The van der Waals surface area contributed by atoms with Crippen molar-refractivity contribution >= 4 is 63.7 Å². The Hall–Kier alpha value is -3.06. The van der Waals surface area contributed by atoms with Gasteiger partial charge >= 0.3 is 0 Å². The first-order valence-corrected chi connectivity index (χ1v) is 20.8. The van der Waals surface area contributed by atoms with Gasteiger partial charge in [0, 0.05) is 48.9 Å². The van der Waals surface area contributed by atoms with E-state index in [1.165, 1.54) is 140 Å². The number of halogens is 1. The third kappa shape index (κ3) is 15.9. The smallest absolute Gasteiger partial charge is 0.233 e. The lowest BCUT2D eigenvalue weighted by atomic mass is 10.0. The van der Waals surface area contributed by atoms with E-state index in [2.05, 4.69) is 70.7 Å². The molecule has 2 aliphatic rings. The fourth-order valence-electron chi connectivity index (χ4n) is 7.48. The molecule has 0 unspecified atom stereocenters. The number of benzene rings is 2. The number of nitrogens with one attached hydrogen (secondary N) is 2. The Labute approximate surface area is 327 Å². The minimum Gasteiger partial charge on any atom is -0.367 e. The highest BCUT2D eigenvalue weighted by Gasteiger charge is 2.17. The van der Waals surface area contributed by atoms with E-state index < -0.39 is 0 Å². The molecule has 0 spiro atoms. The van der Waals surface area contributed by atoms with Crippen molar-refractivity contribution in [1.29, 1.82) is 0 Å². The molecule has 0 bridgehead atoms. The Morgan fingerprint density at radius 3 is 1.23 bits per heavy atom. The Bertz CT molecular complexity index is 1290. The van der Waals surface area contributed by atoms with Crippen LogP contribution in [0.5, 0.6) is 0 Å². The first-order chi connectivity index (χ1) is 25.1. The van der Waals surface area contributed by atoms with Crippen LogP contribution in [0.25, 0.3) is 12.2 Å². The molecule has 2 heterocycles. The van der Waals surface area contributed by atoms with Crippen LogP contribution in [0.2, 0.25) is 0 Å². The van der Waals surface area contributed by atoms with Crippen LogP contribution < -0.4 is 20.4 Å². The molecule has 0 aromatic heterocycles. The van der Waals surface area contributed by atoms with Gasteiger partial charge in [0.15, 0.2) is 0 Å². The van der Waals surface area contributed by atoms with Gasteiger partial charge in [-0.25, -0.2) is 0 Å². The van der Waals surface area contributed by atoms with Crippen LogP contribution >= 0.6 is 17.0 Å². The van der Waals surface area contributed by atoms with Gasteiger partial charge in [-0.15, -0.1) is 17.0 Å². The highest BCUT2D eigenvalue weighted by molar-refractivity contribution is 8.93. The lowest BCUT2D eigenvalue weighted by Gasteiger charge is -2.28. The molecule has 2 aromatic rings. The molecule has 0 saturated carbocycles. The minimum absolute atomic E-state index is 0. The van der Waals surface area contributed by atoms with Gasteiger partial charge in [-0.1, -0.05) is 154 Å². The molecule has 0 fully saturated rings. The topological polar surface area (TPSA) is 64.7 Å². The molecule has 288 valence electrons. The summed E-state index contributed by atoms with van der Waals surface area (Å²) in [6, 6.07) is 12.1. The zero-order chi connectivity index (χ0) is 35.9. The second-order valence-corrected chi connectivity index (χ2v) is 14.9. The maximum Gasteiger partial charge on any atom is 0.233 e. The van der Waals surface area contributed by atoms with Crippen molar-refractivity contribution in [3.8, 4) is 0 Å². The summed E-state index contributed by atoms with van der Waals surface area (Å²) >= 11 is 0. The van der Waals surface area contributed by atoms with Crippen molar-refractivity contribution in [3.63, 3.8) is 0 Å². The number of carbonyl (C=O) groups excluding carboxylic acids is 2. The fourth-order valence-corrected chi connectivity index (χ4v) is 7.48. The number of unbranched alkanes of at least 4 members (excludes halogenated alkanes) is 18. The van der Waals surface area contributed by atoms with E-state index in [0.29, 0.717) is 0 Å².